The first kappa shape index (κ1) is 15.2. The number of hydrogen-bond donors (Lipinski definition) is 2. The molecule has 0 spiro atoms. The van der Waals surface area contributed by atoms with Crippen LogP contribution in [-0.2, 0) is 4.74 Å². The molecule has 0 aliphatic carbocycles. The molecule has 2 atom stereocenters. The van der Waals surface area contributed by atoms with E-state index in [4.69, 9.17) is 9.84 Å². The van der Waals surface area contributed by atoms with Crippen molar-refractivity contribution in [2.24, 2.45) is 0 Å². The number of carboxylic acids is 1. The predicted octanol–water partition coefficient (Wildman–Crippen LogP) is 2.17. The molecule has 0 aromatic heterocycles. The van der Waals surface area contributed by atoms with Gasteiger partial charge in [-0.25, -0.2) is 14.0 Å². The smallest absolute Gasteiger partial charge is 0.337 e. The molecule has 0 bridgehead atoms. The summed E-state index contributed by atoms with van der Waals surface area (Å²) < 4.78 is 18.8. The molecule has 1 aliphatic heterocycles. The number of nitrogens with one attached hydrogen (secondary N) is 1. The molecule has 1 aromatic carbocycles. The van der Waals surface area contributed by atoms with Crippen LogP contribution in [0.2, 0.25) is 0 Å². The van der Waals surface area contributed by atoms with Crippen molar-refractivity contribution in [1.29, 1.82) is 0 Å². The molecule has 7 heteroatoms. The van der Waals surface area contributed by atoms with E-state index >= 15 is 0 Å². The molecule has 1 aliphatic rings. The zero-order chi connectivity index (χ0) is 15.6. The second-order valence-electron chi connectivity index (χ2n) is 5.09. The van der Waals surface area contributed by atoms with Gasteiger partial charge in [-0.05, 0) is 32.0 Å². The summed E-state index contributed by atoms with van der Waals surface area (Å²) in [5.74, 6) is -1.84. The molecule has 1 saturated heterocycles. The van der Waals surface area contributed by atoms with Crippen LogP contribution in [0, 0.1) is 5.82 Å². The first-order valence-corrected chi connectivity index (χ1v) is 6.61. The summed E-state index contributed by atoms with van der Waals surface area (Å²) in [6, 6.07) is 2.69. The molecular formula is C14H17FN2O4. The molecule has 6 nitrogen and oxygen atoms in total. The Balaban J connectivity index is 2.16. The average molecular weight is 296 g/mol. The van der Waals surface area contributed by atoms with Gasteiger partial charge >= 0.3 is 12.0 Å². The lowest BCUT2D eigenvalue weighted by Gasteiger charge is -2.35. The van der Waals surface area contributed by atoms with Crippen LogP contribution in [0.25, 0.3) is 0 Å². The Morgan fingerprint density at radius 3 is 2.52 bits per heavy atom. The van der Waals surface area contributed by atoms with E-state index in [1.165, 1.54) is 4.90 Å². The molecule has 2 amide bonds. The molecule has 1 fully saturated rings. The summed E-state index contributed by atoms with van der Waals surface area (Å²) >= 11 is 0. The molecule has 2 unspecified atom stereocenters. The molecule has 21 heavy (non-hydrogen) atoms. The van der Waals surface area contributed by atoms with Gasteiger partial charge < -0.3 is 20.1 Å². The highest BCUT2D eigenvalue weighted by atomic mass is 19.1. The summed E-state index contributed by atoms with van der Waals surface area (Å²) in [6.45, 7) is 4.49. The highest BCUT2D eigenvalue weighted by molar-refractivity contribution is 6.00. The van der Waals surface area contributed by atoms with Crippen molar-refractivity contribution >= 4 is 17.7 Å². The number of hydrogen-bond acceptors (Lipinski definition) is 3. The number of morpholine rings is 1. The normalized spacial score (nSPS) is 22.0. The minimum atomic E-state index is -1.23. The molecule has 0 saturated carbocycles. The average Bonchev–Trinajstić information content (AvgIpc) is 2.37. The first-order chi connectivity index (χ1) is 9.86. The number of carbonyl (C=O) groups is 2. The van der Waals surface area contributed by atoms with Crippen molar-refractivity contribution in [1.82, 2.24) is 4.90 Å². The molecule has 2 N–H and O–H groups in total. The van der Waals surface area contributed by atoms with Gasteiger partial charge in [-0.2, -0.15) is 0 Å². The second kappa shape index (κ2) is 6.09. The Morgan fingerprint density at radius 1 is 1.33 bits per heavy atom. The van der Waals surface area contributed by atoms with Crippen LogP contribution in [0.5, 0.6) is 0 Å². The highest BCUT2D eigenvalue weighted by Crippen LogP contribution is 2.19. The maximum Gasteiger partial charge on any atom is 0.337 e. The van der Waals surface area contributed by atoms with Crippen LogP contribution in [0.15, 0.2) is 18.2 Å². The van der Waals surface area contributed by atoms with Crippen LogP contribution < -0.4 is 5.32 Å². The van der Waals surface area contributed by atoms with Gasteiger partial charge in [0.15, 0.2) is 0 Å². The number of urea groups is 1. The zero-order valence-corrected chi connectivity index (χ0v) is 11.8. The summed E-state index contributed by atoms with van der Waals surface area (Å²) in [6.07, 6.45) is -0.211. The SMILES string of the molecule is CC1CN(C(=O)Nc2cc(F)ccc2C(=O)O)CC(C)O1. The molecule has 2 rings (SSSR count). The third kappa shape index (κ3) is 3.69. The maximum absolute atomic E-state index is 13.2. The van der Waals surface area contributed by atoms with E-state index in [0.717, 1.165) is 18.2 Å². The number of carboxylic acid groups (broad SMARTS) is 1. The quantitative estimate of drug-likeness (QED) is 0.876. The fraction of sp³-hybridized carbons (Fsp3) is 0.429. The van der Waals surface area contributed by atoms with Gasteiger partial charge in [-0.1, -0.05) is 0 Å². The van der Waals surface area contributed by atoms with Crippen molar-refractivity contribution in [3.05, 3.63) is 29.6 Å². The Hall–Kier alpha value is -2.15. The summed E-state index contributed by atoms with van der Waals surface area (Å²) in [4.78, 5) is 24.8. The van der Waals surface area contributed by atoms with E-state index in [-0.39, 0.29) is 23.5 Å². The number of benzene rings is 1. The van der Waals surface area contributed by atoms with E-state index < -0.39 is 17.8 Å². The van der Waals surface area contributed by atoms with Crippen molar-refractivity contribution in [2.45, 2.75) is 26.1 Å². The Kier molecular flexibility index (Phi) is 4.42. The number of halogens is 1. The fourth-order valence-corrected chi connectivity index (χ4v) is 2.34. The largest absolute Gasteiger partial charge is 0.478 e. The number of amides is 2. The summed E-state index contributed by atoms with van der Waals surface area (Å²) in [5, 5.41) is 11.5. The lowest BCUT2D eigenvalue weighted by Crippen LogP contribution is -2.49. The Bertz CT molecular complexity index is 554. The predicted molar refractivity (Wildman–Crippen MR) is 74.0 cm³/mol. The van der Waals surface area contributed by atoms with Crippen molar-refractivity contribution in [3.63, 3.8) is 0 Å². The molecular weight excluding hydrogens is 279 g/mol. The molecule has 1 heterocycles. The monoisotopic (exact) mass is 296 g/mol. The van der Waals surface area contributed by atoms with Crippen molar-refractivity contribution in [2.75, 3.05) is 18.4 Å². The summed E-state index contributed by atoms with van der Waals surface area (Å²) in [5.41, 5.74) is -0.210. The summed E-state index contributed by atoms with van der Waals surface area (Å²) in [7, 11) is 0. The third-order valence-corrected chi connectivity index (χ3v) is 3.16. The lowest BCUT2D eigenvalue weighted by atomic mass is 10.1. The highest BCUT2D eigenvalue weighted by Gasteiger charge is 2.26. The van der Waals surface area contributed by atoms with Crippen LogP contribution in [0.4, 0.5) is 14.9 Å². The molecule has 0 radical (unpaired) electrons. The van der Waals surface area contributed by atoms with Crippen LogP contribution >= 0.6 is 0 Å². The zero-order valence-electron chi connectivity index (χ0n) is 11.8. The number of anilines is 1. The Morgan fingerprint density at radius 2 is 1.95 bits per heavy atom. The lowest BCUT2D eigenvalue weighted by molar-refractivity contribution is -0.0530. The molecule has 1 aromatic rings. The van der Waals surface area contributed by atoms with Gasteiger partial charge in [0.25, 0.3) is 0 Å². The number of carbonyl (C=O) groups excluding carboxylic acids is 1. The van der Waals surface area contributed by atoms with Gasteiger partial charge in [-0.3, -0.25) is 0 Å². The minimum Gasteiger partial charge on any atom is -0.478 e. The molecule has 114 valence electrons. The van der Waals surface area contributed by atoms with Gasteiger partial charge in [0.1, 0.15) is 5.82 Å². The maximum atomic E-state index is 13.2. The standard InChI is InChI=1S/C14H17FN2O4/c1-8-6-17(7-9(2)21-8)14(20)16-12-5-10(15)3-4-11(12)13(18)19/h3-5,8-9H,6-7H2,1-2H3,(H,16,20)(H,18,19). The minimum absolute atomic E-state index is 0.0562. The van der Waals surface area contributed by atoms with Crippen LogP contribution in [0.3, 0.4) is 0 Å². The van der Waals surface area contributed by atoms with Gasteiger partial charge in [0, 0.05) is 13.1 Å². The topological polar surface area (TPSA) is 78.9 Å². The van der Waals surface area contributed by atoms with E-state index in [9.17, 15) is 14.0 Å². The van der Waals surface area contributed by atoms with Gasteiger partial charge in [0.2, 0.25) is 0 Å². The number of aromatic carboxylic acids is 1. The third-order valence-electron chi connectivity index (χ3n) is 3.16. The number of ether oxygens (including phenoxy) is 1. The van der Waals surface area contributed by atoms with Crippen molar-refractivity contribution < 1.29 is 23.8 Å². The number of rotatable bonds is 2. The van der Waals surface area contributed by atoms with E-state index in [0.29, 0.717) is 13.1 Å². The van der Waals surface area contributed by atoms with Crippen LogP contribution in [0.1, 0.15) is 24.2 Å². The van der Waals surface area contributed by atoms with Gasteiger partial charge in [0.05, 0.1) is 23.5 Å². The van der Waals surface area contributed by atoms with E-state index in [1.54, 1.807) is 0 Å². The first-order valence-electron chi connectivity index (χ1n) is 6.61. The van der Waals surface area contributed by atoms with E-state index in [1.807, 2.05) is 13.8 Å². The fourth-order valence-electron chi connectivity index (χ4n) is 2.34. The van der Waals surface area contributed by atoms with E-state index in [2.05, 4.69) is 5.32 Å². The van der Waals surface area contributed by atoms with Crippen LogP contribution in [-0.4, -0.2) is 47.3 Å². The van der Waals surface area contributed by atoms with Crippen molar-refractivity contribution in [3.8, 4) is 0 Å². The number of nitrogens with zero attached hydrogens (tertiary/aromatic N) is 1. The van der Waals surface area contributed by atoms with Gasteiger partial charge in [-0.15, -0.1) is 0 Å². The second-order valence-corrected chi connectivity index (χ2v) is 5.09. The Labute approximate surface area is 121 Å².